The van der Waals surface area contributed by atoms with E-state index in [-0.39, 0.29) is 17.5 Å². The van der Waals surface area contributed by atoms with Crippen molar-refractivity contribution in [1.82, 2.24) is 0 Å². The van der Waals surface area contributed by atoms with Crippen LogP contribution in [0.1, 0.15) is 25.7 Å². The quantitative estimate of drug-likeness (QED) is 0.891. The van der Waals surface area contributed by atoms with Crippen molar-refractivity contribution in [2.24, 2.45) is 11.7 Å². The molecule has 0 aromatic heterocycles. The van der Waals surface area contributed by atoms with Gasteiger partial charge in [0.2, 0.25) is 0 Å². The normalized spacial score (nSPS) is 26.8. The van der Waals surface area contributed by atoms with Crippen LogP contribution in [0.4, 0.5) is 4.39 Å². The van der Waals surface area contributed by atoms with Gasteiger partial charge in [0.25, 0.3) is 0 Å². The number of rotatable bonds is 4. The van der Waals surface area contributed by atoms with E-state index in [2.05, 4.69) is 6.07 Å². The van der Waals surface area contributed by atoms with Crippen LogP contribution in [0.5, 0.6) is 5.75 Å². The smallest absolute Gasteiger partial charge is 0.165 e. The highest BCUT2D eigenvalue weighted by Gasteiger charge is 2.39. The van der Waals surface area contributed by atoms with Crippen LogP contribution in [-0.4, -0.2) is 12.1 Å². The monoisotopic (exact) mass is 248 g/mol. The first-order valence-electron chi connectivity index (χ1n) is 6.23. The van der Waals surface area contributed by atoms with Gasteiger partial charge in [-0.05, 0) is 37.3 Å². The van der Waals surface area contributed by atoms with Gasteiger partial charge in [0, 0.05) is 0 Å². The average Bonchev–Trinajstić information content (AvgIpc) is 2.74. The van der Waals surface area contributed by atoms with Crippen LogP contribution in [0.3, 0.4) is 0 Å². The highest BCUT2D eigenvalue weighted by Crippen LogP contribution is 2.35. The molecule has 2 N–H and O–H groups in total. The lowest BCUT2D eigenvalue weighted by Crippen LogP contribution is -2.42. The Bertz CT molecular complexity index is 457. The number of nitrogens with two attached hydrogens (primary N) is 1. The number of para-hydroxylation sites is 1. The van der Waals surface area contributed by atoms with Gasteiger partial charge in [-0.15, -0.1) is 0 Å². The van der Waals surface area contributed by atoms with Crippen molar-refractivity contribution in [3.8, 4) is 11.8 Å². The summed E-state index contributed by atoms with van der Waals surface area (Å²) in [6.45, 7) is 0.395. The molecular formula is C14H17FN2O. The van der Waals surface area contributed by atoms with Crippen molar-refractivity contribution in [3.63, 3.8) is 0 Å². The first kappa shape index (κ1) is 12.8. The summed E-state index contributed by atoms with van der Waals surface area (Å²) < 4.78 is 18.7. The molecule has 0 amide bonds. The molecular weight excluding hydrogens is 231 g/mol. The molecule has 2 rings (SSSR count). The Morgan fingerprint density at radius 2 is 2.28 bits per heavy atom. The summed E-state index contributed by atoms with van der Waals surface area (Å²) >= 11 is 0. The summed E-state index contributed by atoms with van der Waals surface area (Å²) in [5.74, 6) is 0.0487. The molecule has 96 valence electrons. The lowest BCUT2D eigenvalue weighted by Gasteiger charge is -2.23. The summed E-state index contributed by atoms with van der Waals surface area (Å²) in [6.07, 6.45) is 3.37. The first-order chi connectivity index (χ1) is 8.65. The topological polar surface area (TPSA) is 59.0 Å². The Morgan fingerprint density at radius 1 is 1.50 bits per heavy atom. The highest BCUT2D eigenvalue weighted by atomic mass is 19.1. The van der Waals surface area contributed by atoms with Crippen LogP contribution in [-0.2, 0) is 0 Å². The highest BCUT2D eigenvalue weighted by molar-refractivity contribution is 5.23. The number of hydrogen-bond donors (Lipinski definition) is 1. The minimum atomic E-state index is -0.724. The van der Waals surface area contributed by atoms with Crippen LogP contribution >= 0.6 is 0 Å². The number of benzene rings is 1. The molecule has 2 unspecified atom stereocenters. The van der Waals surface area contributed by atoms with Crippen molar-refractivity contribution in [2.75, 3.05) is 6.61 Å². The Kier molecular flexibility index (Phi) is 3.83. The molecule has 1 aromatic rings. The number of halogens is 1. The molecule has 0 aliphatic heterocycles. The van der Waals surface area contributed by atoms with Crippen molar-refractivity contribution < 1.29 is 9.13 Å². The summed E-state index contributed by atoms with van der Waals surface area (Å²) in [5, 5.41) is 9.08. The third kappa shape index (κ3) is 2.62. The molecule has 3 nitrogen and oxygen atoms in total. The molecule has 4 heteroatoms. The van der Waals surface area contributed by atoms with Crippen LogP contribution < -0.4 is 10.5 Å². The zero-order chi connectivity index (χ0) is 13.0. The van der Waals surface area contributed by atoms with E-state index in [1.54, 1.807) is 18.2 Å². The van der Waals surface area contributed by atoms with Gasteiger partial charge < -0.3 is 10.5 Å². The van der Waals surface area contributed by atoms with E-state index >= 15 is 0 Å². The van der Waals surface area contributed by atoms with Crippen molar-refractivity contribution in [2.45, 2.75) is 31.2 Å². The second-order valence-corrected chi connectivity index (χ2v) is 4.81. The van der Waals surface area contributed by atoms with Gasteiger partial charge in [-0.2, -0.15) is 5.26 Å². The fourth-order valence-corrected chi connectivity index (χ4v) is 2.52. The van der Waals surface area contributed by atoms with Crippen LogP contribution in [0.15, 0.2) is 24.3 Å². The summed E-state index contributed by atoms with van der Waals surface area (Å²) in [5.41, 5.74) is 5.30. The van der Waals surface area contributed by atoms with E-state index in [0.717, 1.165) is 19.3 Å². The van der Waals surface area contributed by atoms with Gasteiger partial charge in [-0.25, -0.2) is 4.39 Å². The zero-order valence-corrected chi connectivity index (χ0v) is 10.2. The fourth-order valence-electron chi connectivity index (χ4n) is 2.52. The number of nitriles is 1. The second-order valence-electron chi connectivity index (χ2n) is 4.81. The number of nitrogens with zero attached hydrogens (tertiary/aromatic N) is 1. The number of ether oxygens (including phenoxy) is 1. The predicted molar refractivity (Wildman–Crippen MR) is 66.4 cm³/mol. The van der Waals surface area contributed by atoms with Crippen LogP contribution in [0.2, 0.25) is 0 Å². The van der Waals surface area contributed by atoms with E-state index in [1.807, 2.05) is 0 Å². The van der Waals surface area contributed by atoms with E-state index in [1.165, 1.54) is 6.07 Å². The number of hydrogen-bond acceptors (Lipinski definition) is 3. The largest absolute Gasteiger partial charge is 0.491 e. The predicted octanol–water partition coefficient (Wildman–Crippen LogP) is 2.62. The molecule has 0 saturated heterocycles. The van der Waals surface area contributed by atoms with Gasteiger partial charge in [0.15, 0.2) is 11.6 Å². The standard InChI is InChI=1S/C14H17FN2O/c15-12-5-1-2-6-13(12)18-9-7-11-4-3-8-14(11,17)10-16/h1-2,5-6,11H,3-4,7-9,17H2. The average molecular weight is 248 g/mol. The second kappa shape index (κ2) is 5.36. The van der Waals surface area contributed by atoms with Gasteiger partial charge in [-0.1, -0.05) is 18.6 Å². The van der Waals surface area contributed by atoms with Crippen molar-refractivity contribution >= 4 is 0 Å². The van der Waals surface area contributed by atoms with Crippen LogP contribution in [0.25, 0.3) is 0 Å². The van der Waals surface area contributed by atoms with Gasteiger partial charge >= 0.3 is 0 Å². The summed E-state index contributed by atoms with van der Waals surface area (Å²) in [4.78, 5) is 0. The minimum absolute atomic E-state index is 0.147. The maximum Gasteiger partial charge on any atom is 0.165 e. The fraction of sp³-hybridized carbons (Fsp3) is 0.500. The Balaban J connectivity index is 1.86. The van der Waals surface area contributed by atoms with E-state index in [0.29, 0.717) is 13.0 Å². The van der Waals surface area contributed by atoms with E-state index < -0.39 is 5.54 Å². The molecule has 0 heterocycles. The molecule has 1 aliphatic carbocycles. The summed E-state index contributed by atoms with van der Waals surface area (Å²) in [7, 11) is 0. The van der Waals surface area contributed by atoms with Crippen LogP contribution in [0, 0.1) is 23.1 Å². The molecule has 1 aromatic carbocycles. The van der Waals surface area contributed by atoms with Crippen molar-refractivity contribution in [3.05, 3.63) is 30.1 Å². The SMILES string of the molecule is N#CC1(N)CCCC1CCOc1ccccc1F. The Hall–Kier alpha value is -1.60. The third-order valence-corrected chi connectivity index (χ3v) is 3.64. The molecule has 0 spiro atoms. The third-order valence-electron chi connectivity index (χ3n) is 3.64. The van der Waals surface area contributed by atoms with Gasteiger partial charge in [-0.3, -0.25) is 0 Å². The maximum absolute atomic E-state index is 13.3. The lowest BCUT2D eigenvalue weighted by molar-refractivity contribution is 0.246. The zero-order valence-electron chi connectivity index (χ0n) is 10.2. The van der Waals surface area contributed by atoms with Crippen molar-refractivity contribution in [1.29, 1.82) is 5.26 Å². The summed E-state index contributed by atoms with van der Waals surface area (Å²) in [6, 6.07) is 8.53. The molecule has 1 saturated carbocycles. The maximum atomic E-state index is 13.3. The minimum Gasteiger partial charge on any atom is -0.491 e. The molecule has 0 radical (unpaired) electrons. The Morgan fingerprint density at radius 3 is 3.00 bits per heavy atom. The first-order valence-corrected chi connectivity index (χ1v) is 6.23. The molecule has 0 bridgehead atoms. The molecule has 18 heavy (non-hydrogen) atoms. The van der Waals surface area contributed by atoms with E-state index in [9.17, 15) is 4.39 Å². The molecule has 1 aliphatic rings. The Labute approximate surface area is 106 Å². The lowest BCUT2D eigenvalue weighted by atomic mass is 9.87. The molecule has 2 atom stereocenters. The van der Waals surface area contributed by atoms with Gasteiger partial charge in [0.1, 0.15) is 5.54 Å². The van der Waals surface area contributed by atoms with Gasteiger partial charge in [0.05, 0.1) is 12.7 Å². The van der Waals surface area contributed by atoms with E-state index in [4.69, 9.17) is 15.7 Å². The molecule has 1 fully saturated rings.